The van der Waals surface area contributed by atoms with E-state index in [1.165, 1.54) is 5.56 Å². The maximum absolute atomic E-state index is 4.80. The third kappa shape index (κ3) is 3.64. The monoisotopic (exact) mass is 387 g/mol. The number of para-hydroxylation sites is 1. The number of anilines is 2. The highest BCUT2D eigenvalue weighted by molar-refractivity contribution is 7.98. The summed E-state index contributed by atoms with van der Waals surface area (Å²) in [6.07, 6.45) is 3.82. The summed E-state index contributed by atoms with van der Waals surface area (Å²) in [5.74, 6) is 0.571. The zero-order valence-corrected chi connectivity index (χ0v) is 16.9. The molecule has 0 bridgehead atoms. The zero-order valence-electron chi connectivity index (χ0n) is 16.0. The summed E-state index contributed by atoms with van der Waals surface area (Å²) < 4.78 is 1.97. The standard InChI is InChI=1S/C22H21N5S/c1-15-8-7-9-17(14-15)24-22-23-13-12-19(25-22)20-16(2)27(26-21(20)28-3)18-10-5-4-6-11-18/h4-14H,1-3H3,(H,23,24,25). The van der Waals surface area contributed by atoms with Gasteiger partial charge in [0.15, 0.2) is 0 Å². The van der Waals surface area contributed by atoms with Gasteiger partial charge >= 0.3 is 0 Å². The number of nitrogens with one attached hydrogen (secondary N) is 1. The van der Waals surface area contributed by atoms with Crippen LogP contribution >= 0.6 is 11.8 Å². The highest BCUT2D eigenvalue weighted by Crippen LogP contribution is 2.33. The Morgan fingerprint density at radius 2 is 1.79 bits per heavy atom. The number of nitrogens with zero attached hydrogens (tertiary/aromatic N) is 4. The molecule has 2 aromatic carbocycles. The molecule has 6 heteroatoms. The molecule has 0 amide bonds. The van der Waals surface area contributed by atoms with Crippen molar-refractivity contribution in [1.29, 1.82) is 0 Å². The van der Waals surface area contributed by atoms with E-state index in [1.807, 2.05) is 47.3 Å². The van der Waals surface area contributed by atoms with Crippen LogP contribution < -0.4 is 5.32 Å². The molecule has 2 heterocycles. The van der Waals surface area contributed by atoms with Gasteiger partial charge in [-0.15, -0.1) is 11.8 Å². The molecular weight excluding hydrogens is 366 g/mol. The van der Waals surface area contributed by atoms with Crippen molar-refractivity contribution in [2.24, 2.45) is 0 Å². The van der Waals surface area contributed by atoms with Gasteiger partial charge in [0.1, 0.15) is 5.03 Å². The second-order valence-corrected chi connectivity index (χ2v) is 7.27. The molecule has 0 spiro atoms. The van der Waals surface area contributed by atoms with Crippen LogP contribution in [0.1, 0.15) is 11.3 Å². The average molecular weight is 388 g/mol. The van der Waals surface area contributed by atoms with Crippen LogP contribution in [0.15, 0.2) is 71.9 Å². The van der Waals surface area contributed by atoms with E-state index in [0.717, 1.165) is 33.4 Å². The maximum atomic E-state index is 4.80. The lowest BCUT2D eigenvalue weighted by Crippen LogP contribution is -2.00. The van der Waals surface area contributed by atoms with Gasteiger partial charge < -0.3 is 5.32 Å². The van der Waals surface area contributed by atoms with Crippen LogP contribution in [-0.4, -0.2) is 26.0 Å². The van der Waals surface area contributed by atoms with Gasteiger partial charge in [0.05, 0.1) is 22.6 Å². The number of rotatable bonds is 5. The lowest BCUT2D eigenvalue weighted by molar-refractivity contribution is 0.814. The van der Waals surface area contributed by atoms with Gasteiger partial charge in [0.2, 0.25) is 5.95 Å². The smallest absolute Gasteiger partial charge is 0.227 e. The third-order valence-corrected chi connectivity index (χ3v) is 5.14. The van der Waals surface area contributed by atoms with E-state index in [0.29, 0.717) is 5.95 Å². The van der Waals surface area contributed by atoms with Crippen molar-refractivity contribution in [3.05, 3.63) is 78.1 Å². The predicted molar refractivity (Wildman–Crippen MR) is 116 cm³/mol. The van der Waals surface area contributed by atoms with Crippen LogP contribution in [0.3, 0.4) is 0 Å². The lowest BCUT2D eigenvalue weighted by Gasteiger charge is -2.08. The van der Waals surface area contributed by atoms with Crippen LogP contribution in [0.2, 0.25) is 0 Å². The molecule has 140 valence electrons. The average Bonchev–Trinajstić information content (AvgIpc) is 3.05. The minimum atomic E-state index is 0.571. The van der Waals surface area contributed by atoms with Crippen molar-refractivity contribution < 1.29 is 0 Å². The van der Waals surface area contributed by atoms with Gasteiger partial charge in [-0.1, -0.05) is 30.3 Å². The lowest BCUT2D eigenvalue weighted by atomic mass is 10.2. The first-order valence-corrected chi connectivity index (χ1v) is 10.2. The molecule has 1 N–H and O–H groups in total. The Bertz CT molecular complexity index is 1110. The number of aromatic nitrogens is 4. The minimum absolute atomic E-state index is 0.571. The predicted octanol–water partition coefficient (Wildman–Crippen LogP) is 5.41. The number of benzene rings is 2. The maximum Gasteiger partial charge on any atom is 0.227 e. The van der Waals surface area contributed by atoms with Crippen LogP contribution in [0.5, 0.6) is 0 Å². The summed E-state index contributed by atoms with van der Waals surface area (Å²) >= 11 is 1.62. The number of aryl methyl sites for hydroxylation is 1. The molecule has 0 saturated heterocycles. The second-order valence-electron chi connectivity index (χ2n) is 6.48. The van der Waals surface area contributed by atoms with Crippen LogP contribution in [0, 0.1) is 13.8 Å². The van der Waals surface area contributed by atoms with Gasteiger partial charge in [0, 0.05) is 11.9 Å². The molecule has 0 aliphatic rings. The fourth-order valence-corrected chi connectivity index (χ4v) is 3.76. The Balaban J connectivity index is 1.74. The number of hydrogen-bond donors (Lipinski definition) is 1. The molecule has 0 radical (unpaired) electrons. The topological polar surface area (TPSA) is 55.6 Å². The summed E-state index contributed by atoms with van der Waals surface area (Å²) in [6.45, 7) is 4.14. The fourth-order valence-electron chi connectivity index (χ4n) is 3.14. The van der Waals surface area contributed by atoms with Gasteiger partial charge in [-0.25, -0.2) is 14.6 Å². The summed E-state index contributed by atoms with van der Waals surface area (Å²) in [5.41, 5.74) is 6.13. The highest BCUT2D eigenvalue weighted by Gasteiger charge is 2.18. The van der Waals surface area contributed by atoms with Crippen LogP contribution in [0.4, 0.5) is 11.6 Å². The number of thioether (sulfide) groups is 1. The normalized spacial score (nSPS) is 10.8. The zero-order chi connectivity index (χ0) is 19.5. The quantitative estimate of drug-likeness (QED) is 0.464. The Morgan fingerprint density at radius 1 is 0.964 bits per heavy atom. The first-order valence-electron chi connectivity index (χ1n) is 9.02. The summed E-state index contributed by atoms with van der Waals surface area (Å²) in [5, 5.41) is 9.04. The van der Waals surface area contributed by atoms with Crippen molar-refractivity contribution in [3.63, 3.8) is 0 Å². The van der Waals surface area contributed by atoms with E-state index < -0.39 is 0 Å². The van der Waals surface area contributed by atoms with E-state index in [9.17, 15) is 0 Å². The van der Waals surface area contributed by atoms with Gasteiger partial charge in [-0.3, -0.25) is 0 Å². The van der Waals surface area contributed by atoms with Crippen molar-refractivity contribution in [3.8, 4) is 16.9 Å². The fraction of sp³-hybridized carbons (Fsp3) is 0.136. The molecule has 0 aliphatic heterocycles. The Morgan fingerprint density at radius 3 is 2.54 bits per heavy atom. The molecule has 0 aliphatic carbocycles. The van der Waals surface area contributed by atoms with Crippen molar-refractivity contribution >= 4 is 23.4 Å². The molecule has 2 aromatic heterocycles. The molecule has 0 fully saturated rings. The van der Waals surface area contributed by atoms with E-state index >= 15 is 0 Å². The Hall–Kier alpha value is -3.12. The highest BCUT2D eigenvalue weighted by atomic mass is 32.2. The number of hydrogen-bond acceptors (Lipinski definition) is 5. The Labute approximate surface area is 168 Å². The minimum Gasteiger partial charge on any atom is -0.324 e. The molecule has 28 heavy (non-hydrogen) atoms. The molecule has 0 saturated carbocycles. The second kappa shape index (κ2) is 7.86. The van der Waals surface area contributed by atoms with Crippen molar-refractivity contribution in [2.75, 3.05) is 11.6 Å². The van der Waals surface area contributed by atoms with Crippen molar-refractivity contribution in [1.82, 2.24) is 19.7 Å². The van der Waals surface area contributed by atoms with E-state index in [4.69, 9.17) is 10.1 Å². The molecule has 4 rings (SSSR count). The van der Waals surface area contributed by atoms with Gasteiger partial charge in [-0.05, 0) is 56.0 Å². The molecule has 4 aromatic rings. The first kappa shape index (κ1) is 18.3. The summed E-state index contributed by atoms with van der Waals surface area (Å²) in [7, 11) is 0. The molecule has 0 atom stereocenters. The summed E-state index contributed by atoms with van der Waals surface area (Å²) in [4.78, 5) is 9.14. The van der Waals surface area contributed by atoms with E-state index in [-0.39, 0.29) is 0 Å². The molecular formula is C22H21N5S. The van der Waals surface area contributed by atoms with Gasteiger partial charge in [0.25, 0.3) is 0 Å². The van der Waals surface area contributed by atoms with E-state index in [2.05, 4.69) is 48.4 Å². The van der Waals surface area contributed by atoms with Crippen molar-refractivity contribution in [2.45, 2.75) is 18.9 Å². The SMILES string of the molecule is CSc1nn(-c2ccccc2)c(C)c1-c1ccnc(Nc2cccc(C)c2)n1. The molecule has 0 unspecified atom stereocenters. The van der Waals surface area contributed by atoms with E-state index in [1.54, 1.807) is 18.0 Å². The van der Waals surface area contributed by atoms with Gasteiger partial charge in [-0.2, -0.15) is 5.10 Å². The largest absolute Gasteiger partial charge is 0.324 e. The summed E-state index contributed by atoms with van der Waals surface area (Å²) in [6, 6.07) is 20.2. The Kier molecular flexibility index (Phi) is 5.12. The first-order chi connectivity index (χ1) is 13.7. The molecule has 5 nitrogen and oxygen atoms in total. The third-order valence-electron chi connectivity index (χ3n) is 4.46. The van der Waals surface area contributed by atoms with Crippen LogP contribution in [-0.2, 0) is 0 Å². The van der Waals surface area contributed by atoms with Crippen LogP contribution in [0.25, 0.3) is 16.9 Å².